The van der Waals surface area contributed by atoms with Crippen LogP contribution in [0.15, 0.2) is 24.3 Å². The number of carbonyl (C=O) groups is 1. The summed E-state index contributed by atoms with van der Waals surface area (Å²) in [5.74, 6) is -0.531. The van der Waals surface area contributed by atoms with Crippen molar-refractivity contribution in [2.75, 3.05) is 19.6 Å². The van der Waals surface area contributed by atoms with Gasteiger partial charge in [0.1, 0.15) is 0 Å². The van der Waals surface area contributed by atoms with E-state index in [9.17, 15) is 39.6 Å². The molecule has 1 aliphatic rings. The fourth-order valence-electron chi connectivity index (χ4n) is 2.91. The molecule has 14 heteroatoms. The molecule has 1 aromatic carbocycles. The van der Waals surface area contributed by atoms with Gasteiger partial charge in [-0.25, -0.2) is 17.9 Å². The number of amides is 1. The molecule has 0 spiro atoms. The number of halogens is 7. The molecule has 1 saturated heterocycles. The summed E-state index contributed by atoms with van der Waals surface area (Å²) in [6, 6.07) is 6.20. The Bertz CT molecular complexity index is 839. The van der Waals surface area contributed by atoms with Crippen LogP contribution in [0.25, 0.3) is 0 Å². The van der Waals surface area contributed by atoms with Gasteiger partial charge in [0.25, 0.3) is 6.10 Å². The topological polar surface area (TPSA) is 75.7 Å². The van der Waals surface area contributed by atoms with Gasteiger partial charge in [-0.3, -0.25) is 0 Å². The summed E-state index contributed by atoms with van der Waals surface area (Å²) in [4.78, 5) is 12.5. The minimum atomic E-state index is -5.78. The summed E-state index contributed by atoms with van der Waals surface area (Å²) in [6.07, 6.45) is -17.1. The van der Waals surface area contributed by atoms with Gasteiger partial charge >= 0.3 is 18.4 Å². The highest BCUT2D eigenvalue weighted by Crippen LogP contribution is 2.36. The molecule has 2 rings (SSSR count). The molecule has 1 fully saturated rings. The molecule has 0 unspecified atom stereocenters. The fourth-order valence-corrected chi connectivity index (χ4v) is 4.26. The molecule has 176 valence electrons. The highest BCUT2D eigenvalue weighted by Gasteiger charge is 2.60. The van der Waals surface area contributed by atoms with E-state index >= 15 is 0 Å². The number of alkyl halides is 6. The van der Waals surface area contributed by atoms with Gasteiger partial charge in [0.2, 0.25) is 10.0 Å². The average molecular weight is 497 g/mol. The Morgan fingerprint density at radius 3 is 2.10 bits per heavy atom. The second kappa shape index (κ2) is 9.82. The lowest BCUT2D eigenvalue weighted by Crippen LogP contribution is -2.49. The minimum absolute atomic E-state index is 0.0204. The van der Waals surface area contributed by atoms with Gasteiger partial charge in [0.15, 0.2) is 0 Å². The summed E-state index contributed by atoms with van der Waals surface area (Å²) in [7, 11) is -3.67. The number of carbonyl (C=O) groups excluding carboxylic acids is 1. The largest absolute Gasteiger partial charge is 0.434 e. The molecule has 1 amide bonds. The Morgan fingerprint density at radius 2 is 1.61 bits per heavy atom. The Labute approximate surface area is 179 Å². The highest BCUT2D eigenvalue weighted by atomic mass is 35.5. The molecule has 0 radical (unpaired) electrons. The summed E-state index contributed by atoms with van der Waals surface area (Å²) in [5.41, 5.74) is 0.512. The summed E-state index contributed by atoms with van der Waals surface area (Å²) in [5, 5.41) is 0.455. The number of sulfonamides is 1. The van der Waals surface area contributed by atoms with Crippen molar-refractivity contribution >= 4 is 27.7 Å². The molecule has 0 atom stereocenters. The van der Waals surface area contributed by atoms with Crippen LogP contribution in [-0.4, -0.2) is 57.5 Å². The summed E-state index contributed by atoms with van der Waals surface area (Å²) < 4.78 is 105. The number of nitrogens with zero attached hydrogens (tertiary/aromatic N) is 1. The molecule has 1 aliphatic heterocycles. The number of hydrogen-bond acceptors (Lipinski definition) is 4. The van der Waals surface area contributed by atoms with Crippen LogP contribution in [-0.2, 0) is 20.5 Å². The fraction of sp³-hybridized carbons (Fsp3) is 0.588. The lowest BCUT2D eigenvalue weighted by molar-refractivity contribution is -0.308. The molecule has 6 nitrogen and oxygen atoms in total. The van der Waals surface area contributed by atoms with Gasteiger partial charge < -0.3 is 9.64 Å². The second-order valence-electron chi connectivity index (χ2n) is 7.01. The van der Waals surface area contributed by atoms with Crippen LogP contribution in [0.2, 0.25) is 5.02 Å². The maximum Gasteiger partial charge on any atom is 0.434 e. The van der Waals surface area contributed by atoms with E-state index in [1.807, 2.05) is 0 Å². The van der Waals surface area contributed by atoms with E-state index in [1.54, 1.807) is 24.3 Å². The Balaban J connectivity index is 1.82. The first kappa shape index (κ1) is 25.5. The first-order chi connectivity index (χ1) is 14.2. The third-order valence-electron chi connectivity index (χ3n) is 4.55. The predicted octanol–water partition coefficient (Wildman–Crippen LogP) is 4.10. The van der Waals surface area contributed by atoms with Gasteiger partial charge in [0.05, 0.1) is 5.75 Å². The van der Waals surface area contributed by atoms with Crippen molar-refractivity contribution in [3.05, 3.63) is 34.9 Å². The van der Waals surface area contributed by atoms with Crippen LogP contribution in [0.3, 0.4) is 0 Å². The van der Waals surface area contributed by atoms with Gasteiger partial charge in [-0.05, 0) is 36.5 Å². The van der Waals surface area contributed by atoms with Gasteiger partial charge in [-0.2, -0.15) is 26.3 Å². The van der Waals surface area contributed by atoms with Gasteiger partial charge in [0, 0.05) is 24.7 Å². The number of hydrogen-bond donors (Lipinski definition) is 1. The van der Waals surface area contributed by atoms with E-state index in [0.717, 1.165) is 4.90 Å². The summed E-state index contributed by atoms with van der Waals surface area (Å²) in [6.45, 7) is -0.303. The van der Waals surface area contributed by atoms with Crippen molar-refractivity contribution in [1.82, 2.24) is 9.62 Å². The maximum absolute atomic E-state index is 12.5. The quantitative estimate of drug-likeness (QED) is 0.602. The molecule has 0 saturated carbocycles. The number of piperidine rings is 1. The van der Waals surface area contributed by atoms with Crippen LogP contribution in [0.1, 0.15) is 18.4 Å². The Hall–Kier alpha value is -1.73. The smallest absolute Gasteiger partial charge is 0.426 e. The second-order valence-corrected chi connectivity index (χ2v) is 9.25. The van der Waals surface area contributed by atoms with Crippen molar-refractivity contribution in [3.63, 3.8) is 0 Å². The number of rotatable bonds is 6. The molecule has 31 heavy (non-hydrogen) atoms. The standard InChI is InChI=1S/C17H19ClF6N2O4S/c18-13-3-1-12(2-4-13)10-31(28,29)25-9-11-5-7-26(8-6-11)15(27)30-14(16(19,20)21)17(22,23)24/h1-4,11,14,25H,5-10H2. The average Bonchev–Trinajstić information content (AvgIpc) is 2.64. The van der Waals surface area contributed by atoms with Crippen molar-refractivity contribution in [2.24, 2.45) is 5.92 Å². The third-order valence-corrected chi connectivity index (χ3v) is 6.12. The number of nitrogens with one attached hydrogen (secondary N) is 1. The van der Waals surface area contributed by atoms with Gasteiger partial charge in [-0.15, -0.1) is 0 Å². The van der Waals surface area contributed by atoms with E-state index in [-0.39, 0.29) is 44.1 Å². The van der Waals surface area contributed by atoms with Crippen molar-refractivity contribution < 1.29 is 44.3 Å². The zero-order valence-corrected chi connectivity index (χ0v) is 17.4. The zero-order valence-electron chi connectivity index (χ0n) is 15.8. The number of benzene rings is 1. The first-order valence-corrected chi connectivity index (χ1v) is 11.0. The Kier molecular flexibility index (Phi) is 8.09. The molecular formula is C17H19ClF6N2O4S. The van der Waals surface area contributed by atoms with Crippen molar-refractivity contribution in [3.8, 4) is 0 Å². The minimum Gasteiger partial charge on any atom is -0.426 e. The lowest BCUT2D eigenvalue weighted by atomic mass is 9.97. The molecule has 0 aliphatic carbocycles. The molecular weight excluding hydrogens is 478 g/mol. The first-order valence-electron chi connectivity index (χ1n) is 8.98. The summed E-state index contributed by atoms with van der Waals surface area (Å²) >= 11 is 5.74. The number of likely N-dealkylation sites (tertiary alicyclic amines) is 1. The van der Waals surface area contributed by atoms with E-state index in [1.165, 1.54) is 0 Å². The Morgan fingerprint density at radius 1 is 1.10 bits per heavy atom. The lowest BCUT2D eigenvalue weighted by Gasteiger charge is -2.33. The van der Waals surface area contributed by atoms with Crippen LogP contribution in [0.5, 0.6) is 0 Å². The van der Waals surface area contributed by atoms with E-state index in [0.29, 0.717) is 10.6 Å². The van der Waals surface area contributed by atoms with E-state index in [4.69, 9.17) is 11.6 Å². The molecule has 0 aromatic heterocycles. The van der Waals surface area contributed by atoms with Crippen LogP contribution in [0, 0.1) is 5.92 Å². The molecule has 1 heterocycles. The van der Waals surface area contributed by atoms with Crippen molar-refractivity contribution in [1.29, 1.82) is 0 Å². The molecule has 1 N–H and O–H groups in total. The predicted molar refractivity (Wildman–Crippen MR) is 98.8 cm³/mol. The zero-order chi connectivity index (χ0) is 23.4. The number of ether oxygens (including phenoxy) is 1. The van der Waals surface area contributed by atoms with Crippen LogP contribution < -0.4 is 4.72 Å². The van der Waals surface area contributed by atoms with E-state index in [2.05, 4.69) is 9.46 Å². The van der Waals surface area contributed by atoms with Crippen molar-refractivity contribution in [2.45, 2.75) is 37.1 Å². The molecule has 0 bridgehead atoms. The molecule has 1 aromatic rings. The van der Waals surface area contributed by atoms with Gasteiger partial charge in [-0.1, -0.05) is 23.7 Å². The van der Waals surface area contributed by atoms with Crippen LogP contribution >= 0.6 is 11.6 Å². The third kappa shape index (κ3) is 8.04. The van der Waals surface area contributed by atoms with Crippen LogP contribution in [0.4, 0.5) is 31.1 Å². The highest BCUT2D eigenvalue weighted by molar-refractivity contribution is 7.88. The SMILES string of the molecule is O=C(OC(C(F)(F)F)C(F)(F)F)N1CCC(CNS(=O)(=O)Cc2ccc(Cl)cc2)CC1. The normalized spacial score (nSPS) is 16.6. The maximum atomic E-state index is 12.5. The monoisotopic (exact) mass is 496 g/mol. The van der Waals surface area contributed by atoms with E-state index < -0.39 is 34.6 Å².